The Bertz CT molecular complexity index is 1040. The first-order chi connectivity index (χ1) is 16.0. The van der Waals surface area contributed by atoms with Crippen molar-refractivity contribution in [1.29, 1.82) is 0 Å². The minimum Gasteiger partial charge on any atom is -0.492 e. The van der Waals surface area contributed by atoms with Gasteiger partial charge in [-0.05, 0) is 85.9 Å². The lowest BCUT2D eigenvalue weighted by atomic mass is 10.2. The number of carbonyl (C=O) groups is 2. The van der Waals surface area contributed by atoms with Gasteiger partial charge in [0.25, 0.3) is 5.91 Å². The molecule has 7 nitrogen and oxygen atoms in total. The Morgan fingerprint density at radius 1 is 0.788 bits per heavy atom. The number of hydrogen-bond acceptors (Lipinski definition) is 5. The van der Waals surface area contributed by atoms with Crippen LogP contribution in [0.25, 0.3) is 0 Å². The van der Waals surface area contributed by atoms with Crippen molar-refractivity contribution in [1.82, 2.24) is 4.90 Å². The summed E-state index contributed by atoms with van der Waals surface area (Å²) in [5, 5.41) is 2.88. The van der Waals surface area contributed by atoms with E-state index in [0.717, 1.165) is 25.4 Å². The van der Waals surface area contributed by atoms with Crippen LogP contribution in [0.5, 0.6) is 17.2 Å². The van der Waals surface area contributed by atoms with Gasteiger partial charge in [0.05, 0.1) is 0 Å². The summed E-state index contributed by atoms with van der Waals surface area (Å²) in [5.74, 6) is 1.20. The summed E-state index contributed by atoms with van der Waals surface area (Å²) in [5.41, 5.74) is 6.84. The molecule has 0 bridgehead atoms. The summed E-state index contributed by atoms with van der Waals surface area (Å²) < 4.78 is 11.5. The number of carbonyl (C=O) groups excluding carboxylic acids is 2. The first-order valence-corrected chi connectivity index (χ1v) is 10.9. The number of ether oxygens (including phenoxy) is 2. The maximum absolute atomic E-state index is 12.6. The molecule has 0 atom stereocenters. The number of rotatable bonds is 11. The van der Waals surface area contributed by atoms with Gasteiger partial charge in [0.15, 0.2) is 0 Å². The molecular weight excluding hydrogens is 418 g/mol. The van der Waals surface area contributed by atoms with Crippen LogP contribution < -0.4 is 20.5 Å². The second-order valence-electron chi connectivity index (χ2n) is 7.37. The Morgan fingerprint density at radius 2 is 1.30 bits per heavy atom. The average molecular weight is 448 g/mol. The van der Waals surface area contributed by atoms with Gasteiger partial charge < -0.3 is 25.4 Å². The minimum atomic E-state index is -0.491. The lowest BCUT2D eigenvalue weighted by molar-refractivity contribution is 0.0997. The van der Waals surface area contributed by atoms with Crippen molar-refractivity contribution < 1.29 is 19.1 Å². The van der Waals surface area contributed by atoms with Crippen molar-refractivity contribution in [2.24, 2.45) is 5.73 Å². The van der Waals surface area contributed by atoms with Crippen molar-refractivity contribution in [3.05, 3.63) is 83.9 Å². The fraction of sp³-hybridized carbons (Fsp3) is 0.231. The predicted molar refractivity (Wildman–Crippen MR) is 129 cm³/mol. The molecule has 0 fully saturated rings. The molecule has 0 spiro atoms. The Balaban J connectivity index is 1.51. The average Bonchev–Trinajstić information content (AvgIpc) is 2.83. The van der Waals surface area contributed by atoms with Crippen LogP contribution in [0.4, 0.5) is 5.69 Å². The molecule has 3 aromatic rings. The first-order valence-electron chi connectivity index (χ1n) is 10.9. The van der Waals surface area contributed by atoms with E-state index in [-0.39, 0.29) is 5.91 Å². The van der Waals surface area contributed by atoms with Gasteiger partial charge in [-0.3, -0.25) is 9.59 Å². The van der Waals surface area contributed by atoms with Crippen LogP contribution in [0, 0.1) is 0 Å². The topological polar surface area (TPSA) is 93.9 Å². The molecule has 0 saturated heterocycles. The summed E-state index contributed by atoms with van der Waals surface area (Å²) in [6.45, 7) is 7.77. The number of primary amides is 1. The third-order valence-corrected chi connectivity index (χ3v) is 5.17. The molecule has 0 saturated carbocycles. The molecule has 2 amide bonds. The molecule has 0 radical (unpaired) electrons. The molecule has 0 heterocycles. The third kappa shape index (κ3) is 7.08. The number of likely N-dealkylation sites (N-methyl/N-ethyl adjacent to an activating group) is 1. The number of nitrogens with zero attached hydrogens (tertiary/aromatic N) is 1. The van der Waals surface area contributed by atoms with Gasteiger partial charge in [-0.1, -0.05) is 13.8 Å². The monoisotopic (exact) mass is 447 g/mol. The Kier molecular flexibility index (Phi) is 8.43. The van der Waals surface area contributed by atoms with Crippen molar-refractivity contribution in [2.45, 2.75) is 13.8 Å². The zero-order valence-corrected chi connectivity index (χ0v) is 18.9. The summed E-state index contributed by atoms with van der Waals surface area (Å²) in [4.78, 5) is 26.0. The molecule has 172 valence electrons. The van der Waals surface area contributed by atoms with Gasteiger partial charge >= 0.3 is 0 Å². The number of amides is 2. The molecule has 0 aliphatic heterocycles. The normalized spacial score (nSPS) is 10.6. The highest BCUT2D eigenvalue weighted by Gasteiger charge is 2.08. The van der Waals surface area contributed by atoms with E-state index in [1.807, 2.05) is 24.3 Å². The zero-order chi connectivity index (χ0) is 23.6. The SMILES string of the molecule is CCN(CC)CCOc1ccc(NC(=O)c2ccc(Oc3ccc(C(N)=O)cc3)cc2)cc1. The van der Waals surface area contributed by atoms with Gasteiger partial charge in [-0.25, -0.2) is 0 Å². The lowest BCUT2D eigenvalue weighted by Crippen LogP contribution is -2.27. The maximum Gasteiger partial charge on any atom is 0.255 e. The highest BCUT2D eigenvalue weighted by atomic mass is 16.5. The molecule has 0 aliphatic carbocycles. The second kappa shape index (κ2) is 11.7. The molecule has 3 N–H and O–H groups in total. The fourth-order valence-corrected chi connectivity index (χ4v) is 3.17. The summed E-state index contributed by atoms with van der Waals surface area (Å²) in [6.07, 6.45) is 0. The van der Waals surface area contributed by atoms with Crippen LogP contribution in [0.3, 0.4) is 0 Å². The van der Waals surface area contributed by atoms with E-state index in [4.69, 9.17) is 15.2 Å². The number of hydrogen-bond donors (Lipinski definition) is 2. The highest BCUT2D eigenvalue weighted by Crippen LogP contribution is 2.23. The zero-order valence-electron chi connectivity index (χ0n) is 18.9. The summed E-state index contributed by atoms with van der Waals surface area (Å²) >= 11 is 0. The van der Waals surface area contributed by atoms with E-state index in [9.17, 15) is 9.59 Å². The van der Waals surface area contributed by atoms with Crippen LogP contribution in [0.1, 0.15) is 34.6 Å². The van der Waals surface area contributed by atoms with Crippen LogP contribution in [0.2, 0.25) is 0 Å². The number of nitrogens with one attached hydrogen (secondary N) is 1. The molecule has 0 unspecified atom stereocenters. The minimum absolute atomic E-state index is 0.220. The van der Waals surface area contributed by atoms with E-state index >= 15 is 0 Å². The molecule has 0 aromatic heterocycles. The summed E-state index contributed by atoms with van der Waals surface area (Å²) in [7, 11) is 0. The molecule has 3 aromatic carbocycles. The quantitative estimate of drug-likeness (QED) is 0.450. The molecule has 7 heteroatoms. The lowest BCUT2D eigenvalue weighted by Gasteiger charge is -2.18. The number of benzene rings is 3. The second-order valence-corrected chi connectivity index (χ2v) is 7.37. The molecule has 0 aliphatic rings. The van der Waals surface area contributed by atoms with Gasteiger partial charge in [0, 0.05) is 23.4 Å². The summed E-state index contributed by atoms with van der Waals surface area (Å²) in [6, 6.07) is 20.6. The highest BCUT2D eigenvalue weighted by molar-refractivity contribution is 6.04. The van der Waals surface area contributed by atoms with E-state index < -0.39 is 5.91 Å². The smallest absolute Gasteiger partial charge is 0.255 e. The molecular formula is C26H29N3O4. The van der Waals surface area contributed by atoms with Gasteiger partial charge in [-0.2, -0.15) is 0 Å². The Labute approximate surface area is 194 Å². The van der Waals surface area contributed by atoms with Crippen molar-refractivity contribution >= 4 is 17.5 Å². The third-order valence-electron chi connectivity index (χ3n) is 5.17. The first kappa shape index (κ1) is 23.8. The Morgan fingerprint density at radius 3 is 1.82 bits per heavy atom. The van der Waals surface area contributed by atoms with Crippen molar-refractivity contribution in [3.63, 3.8) is 0 Å². The predicted octanol–water partition coefficient (Wildman–Crippen LogP) is 4.55. The van der Waals surface area contributed by atoms with Crippen LogP contribution in [-0.2, 0) is 0 Å². The molecule has 3 rings (SSSR count). The Hall–Kier alpha value is -3.84. The van der Waals surface area contributed by atoms with Crippen molar-refractivity contribution in [3.8, 4) is 17.2 Å². The van der Waals surface area contributed by atoms with Crippen LogP contribution in [-0.4, -0.2) is 43.0 Å². The fourth-order valence-electron chi connectivity index (χ4n) is 3.17. The van der Waals surface area contributed by atoms with Gasteiger partial charge in [0.1, 0.15) is 23.9 Å². The van der Waals surface area contributed by atoms with E-state index in [1.54, 1.807) is 48.5 Å². The van der Waals surface area contributed by atoms with E-state index in [2.05, 4.69) is 24.1 Å². The van der Waals surface area contributed by atoms with Crippen molar-refractivity contribution in [2.75, 3.05) is 31.6 Å². The van der Waals surface area contributed by atoms with E-state index in [0.29, 0.717) is 34.9 Å². The number of nitrogens with two attached hydrogens (primary N) is 1. The largest absolute Gasteiger partial charge is 0.492 e. The standard InChI is InChI=1S/C26H29N3O4/c1-3-29(4-2)17-18-32-22-15-9-21(10-16-22)28-26(31)20-7-13-24(14-8-20)33-23-11-5-19(6-12-23)25(27)30/h5-16H,3-4,17-18H2,1-2H3,(H2,27,30)(H,28,31). The van der Waals surface area contributed by atoms with Crippen LogP contribution >= 0.6 is 0 Å². The maximum atomic E-state index is 12.6. The molecule has 33 heavy (non-hydrogen) atoms. The number of anilines is 1. The van der Waals surface area contributed by atoms with Crippen LogP contribution in [0.15, 0.2) is 72.8 Å². The van der Waals surface area contributed by atoms with Gasteiger partial charge in [-0.15, -0.1) is 0 Å². The van der Waals surface area contributed by atoms with E-state index in [1.165, 1.54) is 0 Å². The van der Waals surface area contributed by atoms with Gasteiger partial charge in [0.2, 0.25) is 5.91 Å².